The van der Waals surface area contributed by atoms with Crippen LogP contribution in [-0.2, 0) is 10.0 Å². The molecule has 11 heteroatoms. The van der Waals surface area contributed by atoms with Crippen LogP contribution in [0.5, 0.6) is 0 Å². The van der Waals surface area contributed by atoms with E-state index in [1.165, 1.54) is 18.2 Å². The molecule has 1 aliphatic heterocycles. The first-order valence-electron chi connectivity index (χ1n) is 8.12. The van der Waals surface area contributed by atoms with E-state index >= 15 is 0 Å². The third-order valence-corrected chi connectivity index (χ3v) is 6.30. The lowest BCUT2D eigenvalue weighted by Gasteiger charge is -2.35. The van der Waals surface area contributed by atoms with E-state index in [2.05, 4.69) is 0 Å². The smallest absolute Gasteiger partial charge is 0.293 e. The van der Waals surface area contributed by atoms with Gasteiger partial charge in [0.05, 0.1) is 21.5 Å². The number of anilines is 1. The average Bonchev–Trinajstić information content (AvgIpc) is 2.69. The maximum Gasteiger partial charge on any atom is 0.293 e. The summed E-state index contributed by atoms with van der Waals surface area (Å²) in [5.74, 6) is -2.40. The molecule has 0 aliphatic carbocycles. The predicted octanol–water partition coefficient (Wildman–Crippen LogP) is 2.26. The molecule has 0 unspecified atom stereocenters. The van der Waals surface area contributed by atoms with Crippen molar-refractivity contribution in [3.05, 3.63) is 63.7 Å². The zero-order valence-corrected chi connectivity index (χ0v) is 15.2. The number of nitriles is 1. The van der Waals surface area contributed by atoms with E-state index in [1.54, 1.807) is 4.90 Å². The quantitative estimate of drug-likeness (QED) is 0.567. The van der Waals surface area contributed by atoms with Gasteiger partial charge < -0.3 is 4.90 Å². The first-order valence-corrected chi connectivity index (χ1v) is 9.57. The lowest BCUT2D eigenvalue weighted by molar-refractivity contribution is -0.384. The molecule has 0 bridgehead atoms. The molecule has 146 valence electrons. The van der Waals surface area contributed by atoms with Crippen molar-refractivity contribution in [2.24, 2.45) is 0 Å². The van der Waals surface area contributed by atoms with Gasteiger partial charge in [-0.1, -0.05) is 0 Å². The van der Waals surface area contributed by atoms with E-state index in [4.69, 9.17) is 5.26 Å². The van der Waals surface area contributed by atoms with Crippen LogP contribution in [0, 0.1) is 33.1 Å². The summed E-state index contributed by atoms with van der Waals surface area (Å²) in [7, 11) is -4.02. The number of nitrogens with zero attached hydrogens (tertiary/aromatic N) is 4. The van der Waals surface area contributed by atoms with Gasteiger partial charge in [-0.15, -0.1) is 0 Å². The van der Waals surface area contributed by atoms with E-state index < -0.39 is 26.6 Å². The number of nitro groups is 1. The van der Waals surface area contributed by atoms with Crippen molar-refractivity contribution >= 4 is 21.4 Å². The van der Waals surface area contributed by atoms with E-state index in [0.29, 0.717) is 6.07 Å². The number of halogens is 2. The van der Waals surface area contributed by atoms with Crippen LogP contribution in [0.15, 0.2) is 41.3 Å². The number of piperazine rings is 1. The normalized spacial score (nSPS) is 15.2. The van der Waals surface area contributed by atoms with E-state index in [0.717, 1.165) is 16.4 Å². The molecule has 1 fully saturated rings. The number of benzene rings is 2. The van der Waals surface area contributed by atoms with Crippen LogP contribution in [0.4, 0.5) is 20.2 Å². The SMILES string of the molecule is N#Cc1ccc(N2CCN(S(=O)(=O)c3ccc(F)c(F)c3)CC2)c([N+](=O)[O-])c1. The number of nitro benzene ring substituents is 1. The third kappa shape index (κ3) is 3.64. The summed E-state index contributed by atoms with van der Waals surface area (Å²) in [5, 5.41) is 20.2. The Labute approximate surface area is 159 Å². The van der Waals surface area contributed by atoms with Crippen LogP contribution >= 0.6 is 0 Å². The van der Waals surface area contributed by atoms with Gasteiger partial charge in [0.2, 0.25) is 10.0 Å². The molecule has 1 heterocycles. The Balaban J connectivity index is 1.80. The van der Waals surface area contributed by atoms with Crippen molar-refractivity contribution in [1.29, 1.82) is 5.26 Å². The van der Waals surface area contributed by atoms with E-state index in [9.17, 15) is 27.3 Å². The first kappa shape index (κ1) is 19.7. The Morgan fingerprint density at radius 3 is 2.29 bits per heavy atom. The lowest BCUT2D eigenvalue weighted by Crippen LogP contribution is -2.48. The summed E-state index contributed by atoms with van der Waals surface area (Å²) < 4.78 is 52.8. The summed E-state index contributed by atoms with van der Waals surface area (Å²) in [6.45, 7) is 0.349. The highest BCUT2D eigenvalue weighted by Gasteiger charge is 2.31. The second-order valence-corrected chi connectivity index (χ2v) is 7.98. The number of hydrogen-bond acceptors (Lipinski definition) is 6. The Bertz CT molecular complexity index is 1080. The Hall–Kier alpha value is -3.10. The molecule has 0 radical (unpaired) electrons. The molecule has 0 N–H and O–H groups in total. The van der Waals surface area contributed by atoms with Crippen molar-refractivity contribution in [2.45, 2.75) is 4.90 Å². The van der Waals surface area contributed by atoms with Gasteiger partial charge in [-0.25, -0.2) is 17.2 Å². The van der Waals surface area contributed by atoms with Gasteiger partial charge in [0.15, 0.2) is 11.6 Å². The van der Waals surface area contributed by atoms with Gasteiger partial charge in [0, 0.05) is 32.2 Å². The molecular weight excluding hydrogens is 394 g/mol. The molecule has 1 aliphatic rings. The van der Waals surface area contributed by atoms with Crippen LogP contribution < -0.4 is 4.90 Å². The molecule has 0 amide bonds. The van der Waals surface area contributed by atoms with E-state index in [-0.39, 0.29) is 48.0 Å². The highest BCUT2D eigenvalue weighted by atomic mass is 32.2. The van der Waals surface area contributed by atoms with Crippen LogP contribution in [-0.4, -0.2) is 43.8 Å². The monoisotopic (exact) mass is 408 g/mol. The molecule has 8 nitrogen and oxygen atoms in total. The molecule has 2 aromatic carbocycles. The minimum absolute atomic E-state index is 0.0124. The van der Waals surface area contributed by atoms with Gasteiger partial charge in [-0.05, 0) is 30.3 Å². The van der Waals surface area contributed by atoms with E-state index in [1.807, 2.05) is 6.07 Å². The average molecular weight is 408 g/mol. The van der Waals surface area contributed by atoms with Gasteiger partial charge >= 0.3 is 0 Å². The summed E-state index contributed by atoms with van der Waals surface area (Å²) in [6.07, 6.45) is 0. The van der Waals surface area contributed by atoms with Crippen LogP contribution in [0.1, 0.15) is 5.56 Å². The van der Waals surface area contributed by atoms with Crippen LogP contribution in [0.3, 0.4) is 0 Å². The molecule has 0 atom stereocenters. The van der Waals surface area contributed by atoms with Crippen molar-refractivity contribution < 1.29 is 22.1 Å². The van der Waals surface area contributed by atoms with Gasteiger partial charge in [-0.2, -0.15) is 9.57 Å². The fourth-order valence-electron chi connectivity index (χ4n) is 2.96. The zero-order chi connectivity index (χ0) is 20.5. The lowest BCUT2D eigenvalue weighted by atomic mass is 10.1. The van der Waals surface area contributed by atoms with Crippen molar-refractivity contribution in [2.75, 3.05) is 31.1 Å². The molecule has 0 saturated carbocycles. The topological polar surface area (TPSA) is 108 Å². The predicted molar refractivity (Wildman–Crippen MR) is 95.1 cm³/mol. The molecule has 1 saturated heterocycles. The maximum absolute atomic E-state index is 13.4. The van der Waals surface area contributed by atoms with Crippen LogP contribution in [0.25, 0.3) is 0 Å². The maximum atomic E-state index is 13.4. The van der Waals surface area contributed by atoms with Crippen molar-refractivity contribution in [3.63, 3.8) is 0 Å². The molecule has 2 aromatic rings. The minimum atomic E-state index is -4.02. The third-order valence-electron chi connectivity index (χ3n) is 4.41. The number of sulfonamides is 1. The highest BCUT2D eigenvalue weighted by molar-refractivity contribution is 7.89. The Morgan fingerprint density at radius 1 is 1.04 bits per heavy atom. The van der Waals surface area contributed by atoms with Gasteiger partial charge in [0.1, 0.15) is 5.69 Å². The fraction of sp³-hybridized carbons (Fsp3) is 0.235. The van der Waals surface area contributed by atoms with Gasteiger partial charge in [0.25, 0.3) is 5.69 Å². The molecule has 3 rings (SSSR count). The van der Waals surface area contributed by atoms with Gasteiger partial charge in [-0.3, -0.25) is 10.1 Å². The summed E-state index contributed by atoms with van der Waals surface area (Å²) in [6, 6.07) is 8.28. The first-order chi connectivity index (χ1) is 13.2. The van der Waals surface area contributed by atoms with Crippen molar-refractivity contribution in [3.8, 4) is 6.07 Å². The summed E-state index contributed by atoms with van der Waals surface area (Å²) in [5.41, 5.74) is 0.194. The number of hydrogen-bond donors (Lipinski definition) is 0. The number of rotatable bonds is 4. The second-order valence-electron chi connectivity index (χ2n) is 6.04. The molecule has 28 heavy (non-hydrogen) atoms. The second kappa shape index (κ2) is 7.49. The molecule has 0 aromatic heterocycles. The fourth-order valence-corrected chi connectivity index (χ4v) is 4.40. The highest BCUT2D eigenvalue weighted by Crippen LogP contribution is 2.30. The standard InChI is InChI=1S/C17H14F2N4O4S/c18-14-3-2-13(10-15(14)19)28(26,27)22-7-5-21(6-8-22)16-4-1-12(11-20)9-17(16)23(24)25/h1-4,9-10H,5-8H2. The molecular formula is C17H14F2N4O4S. The van der Waals surface area contributed by atoms with Crippen LogP contribution in [0.2, 0.25) is 0 Å². The molecule has 0 spiro atoms. The largest absolute Gasteiger partial charge is 0.363 e. The zero-order valence-electron chi connectivity index (χ0n) is 14.4. The minimum Gasteiger partial charge on any atom is -0.363 e. The Morgan fingerprint density at radius 2 is 1.71 bits per heavy atom. The summed E-state index contributed by atoms with van der Waals surface area (Å²) in [4.78, 5) is 12.0. The Kier molecular flexibility index (Phi) is 5.26. The van der Waals surface area contributed by atoms with Crippen molar-refractivity contribution in [1.82, 2.24) is 4.31 Å². The summed E-state index contributed by atoms with van der Waals surface area (Å²) >= 11 is 0.